The third-order valence-electron chi connectivity index (χ3n) is 4.26. The summed E-state index contributed by atoms with van der Waals surface area (Å²) >= 11 is 5.84. The Morgan fingerprint density at radius 2 is 2.18 bits per heavy atom. The van der Waals surface area contributed by atoms with E-state index in [1.54, 1.807) is 6.07 Å². The molecule has 1 aromatic rings. The first-order valence-corrected chi connectivity index (χ1v) is 7.46. The van der Waals surface area contributed by atoms with Gasteiger partial charge in [0.1, 0.15) is 10.8 Å². The van der Waals surface area contributed by atoms with Gasteiger partial charge in [0.15, 0.2) is 0 Å². The minimum atomic E-state index is -0.530. The van der Waals surface area contributed by atoms with E-state index in [-0.39, 0.29) is 33.9 Å². The van der Waals surface area contributed by atoms with Crippen LogP contribution in [0, 0.1) is 21.4 Å². The number of ketones is 1. The molecular formula is C15H16ClN3O3. The van der Waals surface area contributed by atoms with Gasteiger partial charge < -0.3 is 5.43 Å². The van der Waals surface area contributed by atoms with Gasteiger partial charge in [0.25, 0.3) is 5.69 Å². The van der Waals surface area contributed by atoms with Gasteiger partial charge in [-0.15, -0.1) is 0 Å². The summed E-state index contributed by atoms with van der Waals surface area (Å²) in [5.74, 6) is -0.212. The molecule has 1 aromatic carbocycles. The second-order valence-electron chi connectivity index (χ2n) is 6.65. The number of nitrogens with one attached hydrogen (secondary N) is 1. The minimum Gasteiger partial charge on any atom is -0.306 e. The van der Waals surface area contributed by atoms with E-state index in [4.69, 9.17) is 11.6 Å². The van der Waals surface area contributed by atoms with E-state index in [1.165, 1.54) is 12.1 Å². The number of hydrogen-bond donors (Lipinski definition) is 1. The average Bonchev–Trinajstić information content (AvgIpc) is 2.81. The zero-order valence-electron chi connectivity index (χ0n) is 12.3. The third kappa shape index (κ3) is 2.47. The number of hydrazone groups is 1. The molecule has 3 rings (SSSR count). The van der Waals surface area contributed by atoms with Gasteiger partial charge in [0.2, 0.25) is 0 Å². The minimum absolute atomic E-state index is 0.0408. The second-order valence-corrected chi connectivity index (χ2v) is 7.05. The highest BCUT2D eigenvalue weighted by Crippen LogP contribution is 2.40. The molecule has 116 valence electrons. The number of Topliss-reactive ketones (excluding diaryl/α,β-unsaturated/α-hetero) is 1. The van der Waals surface area contributed by atoms with Crippen LogP contribution in [0.15, 0.2) is 23.3 Å². The Kier molecular flexibility index (Phi) is 3.44. The Morgan fingerprint density at radius 3 is 2.86 bits per heavy atom. The highest BCUT2D eigenvalue weighted by molar-refractivity contribution is 6.33. The maximum Gasteiger partial charge on any atom is 0.288 e. The number of hydrogen-bond acceptors (Lipinski definition) is 5. The van der Waals surface area contributed by atoms with E-state index in [1.807, 2.05) is 0 Å². The number of rotatable bonds is 2. The fraction of sp³-hybridized carbons (Fsp3) is 0.467. The molecule has 0 unspecified atom stereocenters. The summed E-state index contributed by atoms with van der Waals surface area (Å²) < 4.78 is 0. The van der Waals surface area contributed by atoms with Crippen LogP contribution in [0.2, 0.25) is 5.02 Å². The average molecular weight is 322 g/mol. The van der Waals surface area contributed by atoms with Crippen LogP contribution < -0.4 is 5.43 Å². The number of fused-ring (bicyclic) bond motifs is 1. The molecule has 1 aliphatic carbocycles. The summed E-state index contributed by atoms with van der Waals surface area (Å²) in [5, 5.41) is 15.4. The Morgan fingerprint density at radius 1 is 1.45 bits per heavy atom. The van der Waals surface area contributed by atoms with E-state index < -0.39 is 4.92 Å². The number of carbonyl (C=O) groups is 1. The first kappa shape index (κ1) is 15.0. The van der Waals surface area contributed by atoms with Crippen molar-refractivity contribution in [2.75, 3.05) is 0 Å². The van der Waals surface area contributed by atoms with E-state index in [2.05, 4.69) is 24.4 Å². The van der Waals surface area contributed by atoms with Crippen molar-refractivity contribution in [3.63, 3.8) is 0 Å². The monoisotopic (exact) mass is 321 g/mol. The van der Waals surface area contributed by atoms with E-state index in [9.17, 15) is 14.9 Å². The Bertz CT molecular complexity index is 699. The van der Waals surface area contributed by atoms with Crippen molar-refractivity contribution in [3.8, 4) is 0 Å². The molecule has 7 heteroatoms. The molecule has 1 N–H and O–H groups in total. The molecule has 22 heavy (non-hydrogen) atoms. The fourth-order valence-electron chi connectivity index (χ4n) is 3.33. The predicted molar refractivity (Wildman–Crippen MR) is 83.1 cm³/mol. The summed E-state index contributed by atoms with van der Waals surface area (Å²) in [4.78, 5) is 23.0. The normalized spacial score (nSPS) is 26.1. The van der Waals surface area contributed by atoms with Crippen molar-refractivity contribution in [2.24, 2.45) is 16.4 Å². The van der Waals surface area contributed by atoms with Crippen molar-refractivity contribution in [2.45, 2.75) is 32.7 Å². The standard InChI is InChI=1S/C15H16ClN3O3/c1-15(2)6-10-13(12(20)7-15)14(18-17-10)8-3-4-9(16)11(5-8)19(21)22/h3-5,10,13,17H,6-7H2,1-2H3/t10-,13-/m1/s1. The van der Waals surface area contributed by atoms with Gasteiger partial charge in [0, 0.05) is 18.1 Å². The molecule has 0 radical (unpaired) electrons. The lowest BCUT2D eigenvalue weighted by atomic mass is 9.68. The molecule has 0 saturated heterocycles. The largest absolute Gasteiger partial charge is 0.306 e. The second kappa shape index (κ2) is 5.05. The van der Waals surface area contributed by atoms with Gasteiger partial charge in [-0.25, -0.2) is 0 Å². The number of nitro groups is 1. The maximum atomic E-state index is 12.5. The van der Waals surface area contributed by atoms with Crippen LogP contribution in [-0.2, 0) is 4.79 Å². The Hall–Kier alpha value is -1.95. The number of nitro benzene ring substituents is 1. The van der Waals surface area contributed by atoms with Gasteiger partial charge in [0.05, 0.1) is 22.6 Å². The first-order chi connectivity index (χ1) is 10.3. The van der Waals surface area contributed by atoms with E-state index >= 15 is 0 Å². The number of halogens is 1. The Balaban J connectivity index is 1.96. The molecule has 6 nitrogen and oxygen atoms in total. The van der Waals surface area contributed by atoms with E-state index in [0.29, 0.717) is 17.7 Å². The lowest BCUT2D eigenvalue weighted by molar-refractivity contribution is -0.384. The van der Waals surface area contributed by atoms with E-state index in [0.717, 1.165) is 6.42 Å². The zero-order chi connectivity index (χ0) is 16.1. The van der Waals surface area contributed by atoms with Crippen molar-refractivity contribution in [1.29, 1.82) is 0 Å². The van der Waals surface area contributed by atoms with Crippen LogP contribution in [-0.4, -0.2) is 22.5 Å². The zero-order valence-corrected chi connectivity index (χ0v) is 13.1. The summed E-state index contributed by atoms with van der Waals surface area (Å²) in [7, 11) is 0. The highest BCUT2D eigenvalue weighted by atomic mass is 35.5. The molecule has 2 aliphatic rings. The number of benzene rings is 1. The van der Waals surface area contributed by atoms with Crippen LogP contribution in [0.1, 0.15) is 32.3 Å². The van der Waals surface area contributed by atoms with Gasteiger partial charge in [-0.1, -0.05) is 31.5 Å². The summed E-state index contributed by atoms with van der Waals surface area (Å²) in [5.41, 5.74) is 3.94. The molecule has 0 aromatic heterocycles. The smallest absolute Gasteiger partial charge is 0.288 e. The number of carbonyl (C=O) groups excluding carboxylic acids is 1. The van der Waals surface area contributed by atoms with Gasteiger partial charge in [-0.05, 0) is 17.9 Å². The highest BCUT2D eigenvalue weighted by Gasteiger charge is 2.46. The Labute approximate surface area is 132 Å². The first-order valence-electron chi connectivity index (χ1n) is 7.09. The van der Waals surface area contributed by atoms with Crippen molar-refractivity contribution in [3.05, 3.63) is 38.9 Å². The molecule has 1 saturated carbocycles. The predicted octanol–water partition coefficient (Wildman–Crippen LogP) is 2.93. The third-order valence-corrected chi connectivity index (χ3v) is 4.58. The molecule has 1 fully saturated rings. The van der Waals surface area contributed by atoms with Crippen LogP contribution >= 0.6 is 11.6 Å². The fourth-order valence-corrected chi connectivity index (χ4v) is 3.52. The molecule has 1 heterocycles. The van der Waals surface area contributed by atoms with Crippen LogP contribution in [0.5, 0.6) is 0 Å². The molecule has 0 amide bonds. The molecule has 2 atom stereocenters. The molecular weight excluding hydrogens is 306 g/mol. The maximum absolute atomic E-state index is 12.5. The van der Waals surface area contributed by atoms with Gasteiger partial charge in [-0.2, -0.15) is 5.10 Å². The van der Waals surface area contributed by atoms with Gasteiger partial charge >= 0.3 is 0 Å². The molecule has 0 spiro atoms. The van der Waals surface area contributed by atoms with Crippen molar-refractivity contribution >= 4 is 28.8 Å². The quantitative estimate of drug-likeness (QED) is 0.670. The summed E-state index contributed by atoms with van der Waals surface area (Å²) in [6.07, 6.45) is 1.33. The SMILES string of the molecule is CC1(C)CC(=O)[C@@H]2C(c3ccc(Cl)c([N+](=O)[O-])c3)=NN[C@@H]2C1. The molecule has 1 aliphatic heterocycles. The molecule has 0 bridgehead atoms. The lowest BCUT2D eigenvalue weighted by Gasteiger charge is -2.36. The summed E-state index contributed by atoms with van der Waals surface area (Å²) in [6, 6.07) is 4.49. The van der Waals surface area contributed by atoms with Gasteiger partial charge in [-0.3, -0.25) is 14.9 Å². The topological polar surface area (TPSA) is 84.6 Å². The van der Waals surface area contributed by atoms with Crippen molar-refractivity contribution < 1.29 is 9.72 Å². The lowest BCUT2D eigenvalue weighted by Crippen LogP contribution is -2.45. The van der Waals surface area contributed by atoms with Crippen LogP contribution in [0.25, 0.3) is 0 Å². The van der Waals surface area contributed by atoms with Crippen LogP contribution in [0.3, 0.4) is 0 Å². The summed E-state index contributed by atoms with van der Waals surface area (Å²) in [6.45, 7) is 4.13. The van der Waals surface area contributed by atoms with Crippen LogP contribution in [0.4, 0.5) is 5.69 Å². The number of nitrogens with zero attached hydrogens (tertiary/aromatic N) is 2. The van der Waals surface area contributed by atoms with Crippen molar-refractivity contribution in [1.82, 2.24) is 5.43 Å².